The lowest BCUT2D eigenvalue weighted by atomic mass is 9.95. The lowest BCUT2D eigenvalue weighted by molar-refractivity contribution is -0.131. The Morgan fingerprint density at radius 1 is 1.24 bits per heavy atom. The molecule has 6 nitrogen and oxygen atoms in total. The van der Waals surface area contributed by atoms with Crippen LogP contribution in [-0.4, -0.2) is 25.5 Å². The van der Waals surface area contributed by atoms with E-state index < -0.39 is 11.9 Å². The van der Waals surface area contributed by atoms with Gasteiger partial charge in [-0.2, -0.15) is 0 Å². The Morgan fingerprint density at radius 3 is 2.68 bits per heavy atom. The number of nitrogens with two attached hydrogens (primary N) is 1. The van der Waals surface area contributed by atoms with E-state index in [0.29, 0.717) is 17.7 Å². The van der Waals surface area contributed by atoms with Gasteiger partial charge >= 0.3 is 0 Å². The zero-order valence-corrected chi connectivity index (χ0v) is 13.9. The van der Waals surface area contributed by atoms with Crippen LogP contribution >= 0.6 is 0 Å². The summed E-state index contributed by atoms with van der Waals surface area (Å²) in [5.41, 5.74) is 7.05. The summed E-state index contributed by atoms with van der Waals surface area (Å²) in [7, 11) is 1.59. The Kier molecular flexibility index (Phi) is 4.88. The summed E-state index contributed by atoms with van der Waals surface area (Å²) in [5, 5.41) is 2.74. The number of methoxy groups -OCH3 is 1. The van der Waals surface area contributed by atoms with Crippen molar-refractivity contribution in [1.82, 2.24) is 5.32 Å². The first-order chi connectivity index (χ1) is 12.1. The molecule has 0 saturated heterocycles. The minimum Gasteiger partial charge on any atom is -0.497 e. The van der Waals surface area contributed by atoms with Crippen molar-refractivity contribution in [1.29, 1.82) is 0 Å². The van der Waals surface area contributed by atoms with Gasteiger partial charge in [-0.15, -0.1) is 0 Å². The third-order valence-corrected chi connectivity index (χ3v) is 4.26. The lowest BCUT2D eigenvalue weighted by Crippen LogP contribution is -2.43. The number of rotatable bonds is 5. The van der Waals surface area contributed by atoms with E-state index >= 15 is 0 Å². The van der Waals surface area contributed by atoms with Gasteiger partial charge in [0, 0.05) is 6.07 Å². The van der Waals surface area contributed by atoms with Gasteiger partial charge in [-0.25, -0.2) is 0 Å². The van der Waals surface area contributed by atoms with E-state index in [0.717, 1.165) is 11.3 Å². The highest BCUT2D eigenvalue weighted by Gasteiger charge is 2.29. The molecular weight excluding hydrogens is 320 g/mol. The second-order valence-electron chi connectivity index (χ2n) is 5.94. The van der Waals surface area contributed by atoms with Crippen molar-refractivity contribution >= 4 is 11.8 Å². The number of carbonyl (C=O) groups is 2. The molecular formula is C19H20N2O4. The van der Waals surface area contributed by atoms with Crippen LogP contribution in [0.25, 0.3) is 0 Å². The second-order valence-corrected chi connectivity index (χ2v) is 5.94. The molecule has 2 amide bonds. The Morgan fingerprint density at radius 2 is 2.00 bits per heavy atom. The predicted molar refractivity (Wildman–Crippen MR) is 92.2 cm³/mol. The molecule has 1 aliphatic heterocycles. The summed E-state index contributed by atoms with van der Waals surface area (Å²) in [6.07, 6.45) is 0.533. The third kappa shape index (κ3) is 3.74. The molecule has 0 saturated carbocycles. The Balaban J connectivity index is 1.71. The molecule has 25 heavy (non-hydrogen) atoms. The van der Waals surface area contributed by atoms with Crippen molar-refractivity contribution in [3.8, 4) is 11.5 Å². The Labute approximate surface area is 145 Å². The minimum absolute atomic E-state index is 0.242. The Bertz CT molecular complexity index is 776. The van der Waals surface area contributed by atoms with Crippen molar-refractivity contribution in [2.24, 2.45) is 11.7 Å². The average molecular weight is 340 g/mol. The summed E-state index contributed by atoms with van der Waals surface area (Å²) in [6, 6.07) is 13.6. The van der Waals surface area contributed by atoms with E-state index in [1.165, 1.54) is 0 Å². The van der Waals surface area contributed by atoms with Crippen LogP contribution in [0.4, 0.5) is 0 Å². The van der Waals surface area contributed by atoms with Crippen LogP contribution in [0, 0.1) is 5.92 Å². The number of carbonyl (C=O) groups excluding carboxylic acids is 2. The first-order valence-electron chi connectivity index (χ1n) is 8.03. The first-order valence-corrected chi connectivity index (χ1v) is 8.03. The molecule has 0 radical (unpaired) electrons. The number of hydrogen-bond acceptors (Lipinski definition) is 4. The molecule has 130 valence electrons. The number of ether oxygens (including phenoxy) is 2. The number of hydrogen-bond donors (Lipinski definition) is 2. The monoisotopic (exact) mass is 340 g/mol. The number of benzene rings is 2. The maximum absolute atomic E-state index is 12.6. The quantitative estimate of drug-likeness (QED) is 0.865. The summed E-state index contributed by atoms with van der Waals surface area (Å²) < 4.78 is 10.9. The fraction of sp³-hybridized carbons (Fsp3) is 0.263. The molecule has 2 aromatic rings. The smallest absolute Gasteiger partial charge is 0.244 e. The van der Waals surface area contributed by atoms with E-state index in [-0.39, 0.29) is 18.4 Å². The standard InChI is InChI=1S/C19H20N2O4/c1-24-15-8-7-13-9-14(11-25-16(13)10-15)19(23)21-17(18(20)22)12-5-3-2-4-6-12/h2-8,10,14,17H,9,11H2,1H3,(H2,20,22)(H,21,23)/t14-,17-/m0/s1. The number of fused-ring (bicyclic) bond motifs is 1. The molecule has 0 aliphatic carbocycles. The molecule has 0 unspecified atom stereocenters. The van der Waals surface area contributed by atoms with Gasteiger partial charge in [0.15, 0.2) is 0 Å². The van der Waals surface area contributed by atoms with Crippen LogP contribution in [0.5, 0.6) is 11.5 Å². The van der Waals surface area contributed by atoms with Crippen LogP contribution in [0.2, 0.25) is 0 Å². The summed E-state index contributed by atoms with van der Waals surface area (Å²) >= 11 is 0. The van der Waals surface area contributed by atoms with Gasteiger partial charge in [-0.1, -0.05) is 36.4 Å². The van der Waals surface area contributed by atoms with Crippen LogP contribution in [-0.2, 0) is 16.0 Å². The van der Waals surface area contributed by atoms with Crippen LogP contribution < -0.4 is 20.5 Å². The average Bonchev–Trinajstić information content (AvgIpc) is 2.65. The molecule has 1 aliphatic rings. The van der Waals surface area contributed by atoms with E-state index in [1.54, 1.807) is 37.4 Å². The summed E-state index contributed by atoms with van der Waals surface area (Å²) in [4.78, 5) is 24.3. The number of amides is 2. The Hall–Kier alpha value is -3.02. The van der Waals surface area contributed by atoms with E-state index in [1.807, 2.05) is 18.2 Å². The fourth-order valence-corrected chi connectivity index (χ4v) is 2.87. The molecule has 0 aromatic heterocycles. The van der Waals surface area contributed by atoms with E-state index in [4.69, 9.17) is 15.2 Å². The molecule has 6 heteroatoms. The van der Waals surface area contributed by atoms with Gasteiger partial charge in [-0.05, 0) is 23.6 Å². The maximum Gasteiger partial charge on any atom is 0.244 e. The van der Waals surface area contributed by atoms with Gasteiger partial charge < -0.3 is 20.5 Å². The van der Waals surface area contributed by atoms with Gasteiger partial charge in [0.25, 0.3) is 0 Å². The van der Waals surface area contributed by atoms with E-state index in [2.05, 4.69) is 5.32 Å². The number of primary amides is 1. The molecule has 3 N–H and O–H groups in total. The first kappa shape index (κ1) is 16.8. The highest BCUT2D eigenvalue weighted by molar-refractivity contribution is 5.88. The van der Waals surface area contributed by atoms with Crippen molar-refractivity contribution < 1.29 is 19.1 Å². The molecule has 0 fully saturated rings. The largest absolute Gasteiger partial charge is 0.497 e. The van der Waals surface area contributed by atoms with Gasteiger partial charge in [0.05, 0.1) is 13.0 Å². The van der Waals surface area contributed by atoms with Crippen molar-refractivity contribution in [3.63, 3.8) is 0 Å². The van der Waals surface area contributed by atoms with E-state index in [9.17, 15) is 9.59 Å². The SMILES string of the molecule is COc1ccc2c(c1)OC[C@@H](C(=O)N[C@H](C(N)=O)c1ccccc1)C2. The van der Waals surface area contributed by atoms with Gasteiger partial charge in [0.2, 0.25) is 11.8 Å². The predicted octanol–water partition coefficient (Wildman–Crippen LogP) is 1.59. The molecule has 2 aromatic carbocycles. The van der Waals surface area contributed by atoms with Gasteiger partial charge in [0.1, 0.15) is 24.1 Å². The highest BCUT2D eigenvalue weighted by atomic mass is 16.5. The van der Waals surface area contributed by atoms with Crippen LogP contribution in [0.3, 0.4) is 0 Å². The molecule has 3 rings (SSSR count). The zero-order valence-electron chi connectivity index (χ0n) is 13.9. The molecule has 1 heterocycles. The van der Waals surface area contributed by atoms with Crippen molar-refractivity contribution in [2.75, 3.05) is 13.7 Å². The van der Waals surface area contributed by atoms with Crippen molar-refractivity contribution in [3.05, 3.63) is 59.7 Å². The molecule has 2 atom stereocenters. The van der Waals surface area contributed by atoms with Crippen LogP contribution in [0.15, 0.2) is 48.5 Å². The lowest BCUT2D eigenvalue weighted by Gasteiger charge is -2.26. The second kappa shape index (κ2) is 7.25. The zero-order chi connectivity index (χ0) is 17.8. The highest BCUT2D eigenvalue weighted by Crippen LogP contribution is 2.31. The van der Waals surface area contributed by atoms with Gasteiger partial charge in [-0.3, -0.25) is 9.59 Å². The van der Waals surface area contributed by atoms with Crippen LogP contribution in [0.1, 0.15) is 17.2 Å². The fourth-order valence-electron chi connectivity index (χ4n) is 2.87. The number of nitrogens with one attached hydrogen (secondary N) is 1. The summed E-state index contributed by atoms with van der Waals surface area (Å²) in [6.45, 7) is 0.242. The topological polar surface area (TPSA) is 90.7 Å². The molecule has 0 bridgehead atoms. The molecule has 0 spiro atoms. The normalized spacial score (nSPS) is 16.9. The summed E-state index contributed by atoms with van der Waals surface area (Å²) in [5.74, 6) is 0.194. The minimum atomic E-state index is -0.856. The van der Waals surface area contributed by atoms with Crippen molar-refractivity contribution in [2.45, 2.75) is 12.5 Å². The third-order valence-electron chi connectivity index (χ3n) is 4.26. The maximum atomic E-state index is 12.6.